The van der Waals surface area contributed by atoms with Crippen LogP contribution in [0, 0.1) is 12.3 Å². The third-order valence-corrected chi connectivity index (χ3v) is 3.92. The fraction of sp³-hybridized carbons (Fsp3) is 0.400. The quantitative estimate of drug-likeness (QED) is 0.946. The largest absolute Gasteiger partial charge is 0.451 e. The average Bonchev–Trinajstić information content (AvgIpc) is 2.71. The average molecular weight is 294 g/mol. The Morgan fingerprint density at radius 3 is 2.85 bits per heavy atom. The summed E-state index contributed by atoms with van der Waals surface area (Å²) in [4.78, 5) is 12.2. The number of carbonyl (C=O) groups is 1. The van der Waals surface area contributed by atoms with E-state index < -0.39 is 0 Å². The van der Waals surface area contributed by atoms with E-state index >= 15 is 0 Å². The molecule has 1 aromatic carbocycles. The monoisotopic (exact) mass is 293 g/mol. The van der Waals surface area contributed by atoms with Gasteiger partial charge in [-0.05, 0) is 25.1 Å². The van der Waals surface area contributed by atoms with Crippen molar-refractivity contribution in [3.63, 3.8) is 0 Å². The highest BCUT2D eigenvalue weighted by atomic mass is 35.5. The molecule has 0 aliphatic carbocycles. The summed E-state index contributed by atoms with van der Waals surface area (Å²) in [5, 5.41) is 4.42. The molecule has 3 rings (SSSR count). The van der Waals surface area contributed by atoms with Gasteiger partial charge in [0.1, 0.15) is 5.58 Å². The molecule has 0 saturated carbocycles. The SMILES string of the molecule is Cc1c(C(=O)NCC2(C)COC2)oc2ccc(Cl)cc12. The summed E-state index contributed by atoms with van der Waals surface area (Å²) in [5.41, 5.74) is 1.53. The van der Waals surface area contributed by atoms with Crippen molar-refractivity contribution in [3.8, 4) is 0 Å². The summed E-state index contributed by atoms with van der Waals surface area (Å²) in [5.74, 6) is 0.161. The predicted molar refractivity (Wildman–Crippen MR) is 77.2 cm³/mol. The van der Waals surface area contributed by atoms with Gasteiger partial charge in [0.15, 0.2) is 5.76 Å². The molecule has 0 bridgehead atoms. The van der Waals surface area contributed by atoms with Crippen LogP contribution in [0.1, 0.15) is 23.0 Å². The van der Waals surface area contributed by atoms with Crippen LogP contribution in [-0.4, -0.2) is 25.7 Å². The molecule has 1 aliphatic heterocycles. The van der Waals surface area contributed by atoms with Crippen LogP contribution in [-0.2, 0) is 4.74 Å². The zero-order valence-corrected chi connectivity index (χ0v) is 12.2. The standard InChI is InChI=1S/C15H16ClNO3/c1-9-11-5-10(16)3-4-12(11)20-13(9)14(18)17-6-15(2)7-19-8-15/h3-5H,6-8H2,1-2H3,(H,17,18). The molecule has 1 amide bonds. The molecule has 5 heteroatoms. The molecule has 0 spiro atoms. The summed E-state index contributed by atoms with van der Waals surface area (Å²) in [6, 6.07) is 5.34. The van der Waals surface area contributed by atoms with Crippen molar-refractivity contribution in [2.45, 2.75) is 13.8 Å². The van der Waals surface area contributed by atoms with E-state index in [-0.39, 0.29) is 11.3 Å². The summed E-state index contributed by atoms with van der Waals surface area (Å²) in [6.07, 6.45) is 0. The van der Waals surface area contributed by atoms with Gasteiger partial charge >= 0.3 is 0 Å². The number of aryl methyl sites for hydroxylation is 1. The second-order valence-electron chi connectivity index (χ2n) is 5.68. The third kappa shape index (κ3) is 2.30. The Kier molecular flexibility index (Phi) is 3.22. The van der Waals surface area contributed by atoms with E-state index in [2.05, 4.69) is 12.2 Å². The number of benzene rings is 1. The van der Waals surface area contributed by atoms with Crippen LogP contribution < -0.4 is 5.32 Å². The van der Waals surface area contributed by atoms with Crippen LogP contribution in [0.25, 0.3) is 11.0 Å². The zero-order chi connectivity index (χ0) is 14.3. The molecule has 1 aliphatic rings. The lowest BCUT2D eigenvalue weighted by atomic mass is 9.89. The highest BCUT2D eigenvalue weighted by Gasteiger charge is 2.34. The van der Waals surface area contributed by atoms with Crippen molar-refractivity contribution in [1.82, 2.24) is 5.32 Å². The molecule has 1 N–H and O–H groups in total. The smallest absolute Gasteiger partial charge is 0.287 e. The van der Waals surface area contributed by atoms with Gasteiger partial charge in [0.25, 0.3) is 5.91 Å². The summed E-state index contributed by atoms with van der Waals surface area (Å²) < 4.78 is 10.8. The number of amides is 1. The lowest BCUT2D eigenvalue weighted by Gasteiger charge is -2.37. The van der Waals surface area contributed by atoms with Crippen molar-refractivity contribution < 1.29 is 13.9 Å². The summed E-state index contributed by atoms with van der Waals surface area (Å²) >= 11 is 5.97. The molecule has 0 unspecified atom stereocenters. The Morgan fingerprint density at radius 1 is 1.45 bits per heavy atom. The number of halogens is 1. The normalized spacial score (nSPS) is 16.9. The predicted octanol–water partition coefficient (Wildman–Crippen LogP) is 3.16. The Morgan fingerprint density at radius 2 is 2.20 bits per heavy atom. The van der Waals surface area contributed by atoms with Crippen LogP contribution in [0.5, 0.6) is 0 Å². The van der Waals surface area contributed by atoms with Gasteiger partial charge in [-0.1, -0.05) is 18.5 Å². The number of nitrogens with one attached hydrogen (secondary N) is 1. The van der Waals surface area contributed by atoms with Gasteiger partial charge < -0.3 is 14.5 Å². The van der Waals surface area contributed by atoms with Crippen molar-refractivity contribution in [3.05, 3.63) is 34.5 Å². The van der Waals surface area contributed by atoms with Crippen LogP contribution in [0.4, 0.5) is 0 Å². The highest BCUT2D eigenvalue weighted by Crippen LogP contribution is 2.29. The first-order valence-corrected chi connectivity index (χ1v) is 6.91. The van der Waals surface area contributed by atoms with Gasteiger partial charge in [-0.25, -0.2) is 0 Å². The first kappa shape index (κ1) is 13.5. The van der Waals surface area contributed by atoms with Gasteiger partial charge in [0.05, 0.1) is 13.2 Å². The van der Waals surface area contributed by atoms with E-state index in [9.17, 15) is 4.79 Å². The first-order chi connectivity index (χ1) is 9.48. The minimum atomic E-state index is -0.192. The van der Waals surface area contributed by atoms with Crippen LogP contribution >= 0.6 is 11.6 Å². The molecule has 1 aromatic heterocycles. The number of fused-ring (bicyclic) bond motifs is 1. The van der Waals surface area contributed by atoms with Crippen molar-refractivity contribution in [2.24, 2.45) is 5.41 Å². The minimum absolute atomic E-state index is 0.0406. The molecule has 4 nitrogen and oxygen atoms in total. The molecule has 0 atom stereocenters. The highest BCUT2D eigenvalue weighted by molar-refractivity contribution is 6.31. The molecule has 1 saturated heterocycles. The van der Waals surface area contributed by atoms with Crippen molar-refractivity contribution in [1.29, 1.82) is 0 Å². The lowest BCUT2D eigenvalue weighted by Crippen LogP contribution is -2.48. The molecule has 1 fully saturated rings. The number of hydrogen-bond acceptors (Lipinski definition) is 3. The number of carbonyl (C=O) groups excluding carboxylic acids is 1. The number of ether oxygens (including phenoxy) is 1. The molecule has 0 radical (unpaired) electrons. The topological polar surface area (TPSA) is 51.5 Å². The maximum absolute atomic E-state index is 12.2. The second kappa shape index (κ2) is 4.79. The Bertz CT molecular complexity index is 673. The minimum Gasteiger partial charge on any atom is -0.451 e. The molecular weight excluding hydrogens is 278 g/mol. The summed E-state index contributed by atoms with van der Waals surface area (Å²) in [7, 11) is 0. The van der Waals surface area contributed by atoms with Gasteiger partial charge in [-0.2, -0.15) is 0 Å². The second-order valence-corrected chi connectivity index (χ2v) is 6.12. The summed E-state index contributed by atoms with van der Waals surface area (Å²) in [6.45, 7) is 5.90. The van der Waals surface area contributed by atoms with Crippen LogP contribution in [0.3, 0.4) is 0 Å². The number of hydrogen-bond donors (Lipinski definition) is 1. The van der Waals surface area contributed by atoms with Gasteiger partial charge in [-0.15, -0.1) is 0 Å². The van der Waals surface area contributed by atoms with Gasteiger partial charge in [0, 0.05) is 27.9 Å². The van der Waals surface area contributed by atoms with Gasteiger partial charge in [-0.3, -0.25) is 4.79 Å². The van der Waals surface area contributed by atoms with Crippen LogP contribution in [0.15, 0.2) is 22.6 Å². The molecule has 2 heterocycles. The van der Waals surface area contributed by atoms with Crippen LogP contribution in [0.2, 0.25) is 5.02 Å². The Balaban J connectivity index is 1.82. The Labute approximate surface area is 122 Å². The van der Waals surface area contributed by atoms with E-state index in [0.29, 0.717) is 36.1 Å². The van der Waals surface area contributed by atoms with E-state index in [1.54, 1.807) is 12.1 Å². The molecule has 20 heavy (non-hydrogen) atoms. The Hall–Kier alpha value is -1.52. The van der Waals surface area contributed by atoms with Crippen molar-refractivity contribution in [2.75, 3.05) is 19.8 Å². The van der Waals surface area contributed by atoms with E-state index in [0.717, 1.165) is 10.9 Å². The van der Waals surface area contributed by atoms with Gasteiger partial charge in [0.2, 0.25) is 0 Å². The fourth-order valence-corrected chi connectivity index (χ4v) is 2.51. The maximum atomic E-state index is 12.2. The van der Waals surface area contributed by atoms with E-state index in [1.807, 2.05) is 13.0 Å². The third-order valence-electron chi connectivity index (χ3n) is 3.68. The number of furan rings is 1. The molecular formula is C15H16ClNO3. The first-order valence-electron chi connectivity index (χ1n) is 6.53. The molecule has 2 aromatic rings. The van der Waals surface area contributed by atoms with Crippen molar-refractivity contribution >= 4 is 28.5 Å². The number of rotatable bonds is 3. The zero-order valence-electron chi connectivity index (χ0n) is 11.5. The molecule has 106 valence electrons. The maximum Gasteiger partial charge on any atom is 0.287 e. The van der Waals surface area contributed by atoms with E-state index in [4.69, 9.17) is 20.8 Å². The van der Waals surface area contributed by atoms with E-state index in [1.165, 1.54) is 0 Å². The fourth-order valence-electron chi connectivity index (χ4n) is 2.34. The lowest BCUT2D eigenvalue weighted by molar-refractivity contribution is -0.0978.